The van der Waals surface area contributed by atoms with E-state index < -0.39 is 21.0 Å². The average molecular weight is 223 g/mol. The van der Waals surface area contributed by atoms with E-state index in [1.54, 1.807) is 0 Å². The number of hydrogen-bond donors (Lipinski definition) is 1. The van der Waals surface area contributed by atoms with E-state index in [0.29, 0.717) is 0 Å². The summed E-state index contributed by atoms with van der Waals surface area (Å²) in [5.74, 6) is 0. The lowest BCUT2D eigenvalue weighted by atomic mass is 9.95. The maximum Gasteiger partial charge on any atom is 0.306 e. The molecule has 2 aliphatic heterocycles. The summed E-state index contributed by atoms with van der Waals surface area (Å²) in [6.45, 7) is 0.936. The Morgan fingerprint density at radius 1 is 1.57 bits per heavy atom. The molecule has 2 aliphatic rings. The molecule has 14 heavy (non-hydrogen) atoms. The van der Waals surface area contributed by atoms with Crippen LogP contribution in [0, 0.1) is 0 Å². The van der Waals surface area contributed by atoms with Crippen molar-refractivity contribution < 1.29 is 17.4 Å². The highest BCUT2D eigenvalue weighted by molar-refractivity contribution is 7.87. The summed E-state index contributed by atoms with van der Waals surface area (Å²) in [5.41, 5.74) is -0.455. The van der Waals surface area contributed by atoms with Crippen LogP contribution in [0.3, 0.4) is 0 Å². The molecule has 2 fully saturated rings. The van der Waals surface area contributed by atoms with E-state index in [9.17, 15) is 17.4 Å². The zero-order chi connectivity index (χ0) is 10.4. The molecule has 0 aromatic carbocycles. The van der Waals surface area contributed by atoms with Gasteiger partial charge in [0.25, 0.3) is 0 Å². The summed E-state index contributed by atoms with van der Waals surface area (Å²) in [7, 11) is -4.45. The molecule has 4 nitrogen and oxygen atoms in total. The molecule has 2 saturated heterocycles. The van der Waals surface area contributed by atoms with Crippen molar-refractivity contribution in [3.8, 4) is 0 Å². The number of halogens is 1. The monoisotopic (exact) mass is 223 g/mol. The van der Waals surface area contributed by atoms with Gasteiger partial charge >= 0.3 is 10.2 Å². The normalized spacial score (nSPS) is 38.9. The van der Waals surface area contributed by atoms with E-state index in [0.717, 1.165) is 19.4 Å². The molecule has 0 saturated carbocycles. The van der Waals surface area contributed by atoms with Crippen LogP contribution < -0.4 is 0 Å². The molecule has 2 heterocycles. The first kappa shape index (κ1) is 10.3. The molecule has 6 heteroatoms. The van der Waals surface area contributed by atoms with Crippen molar-refractivity contribution in [3.63, 3.8) is 0 Å². The van der Waals surface area contributed by atoms with Crippen molar-refractivity contribution in [2.24, 2.45) is 0 Å². The Bertz CT molecular complexity index is 331. The van der Waals surface area contributed by atoms with Gasteiger partial charge in [-0.3, -0.25) is 4.90 Å². The van der Waals surface area contributed by atoms with E-state index in [1.807, 2.05) is 4.90 Å². The third-order valence-corrected chi connectivity index (χ3v) is 4.58. The van der Waals surface area contributed by atoms with Crippen LogP contribution in [-0.4, -0.2) is 48.9 Å². The van der Waals surface area contributed by atoms with Crippen molar-refractivity contribution >= 4 is 10.2 Å². The lowest BCUT2D eigenvalue weighted by Gasteiger charge is -2.29. The fraction of sp³-hybridized carbons (Fsp3) is 1.00. The Hall–Kier alpha value is -0.200. The van der Waals surface area contributed by atoms with Gasteiger partial charge in [-0.15, -0.1) is 3.89 Å². The number of rotatable bonds is 2. The Labute approximate surface area is 82.9 Å². The summed E-state index contributed by atoms with van der Waals surface area (Å²) in [6, 6.07) is 0. The van der Waals surface area contributed by atoms with Gasteiger partial charge in [-0.2, -0.15) is 8.42 Å². The van der Waals surface area contributed by atoms with Crippen LogP contribution in [0.15, 0.2) is 0 Å². The first-order chi connectivity index (χ1) is 6.48. The zero-order valence-corrected chi connectivity index (χ0v) is 8.63. The second-order valence-corrected chi connectivity index (χ2v) is 5.85. The van der Waals surface area contributed by atoms with Gasteiger partial charge < -0.3 is 5.11 Å². The minimum Gasteiger partial charge on any atom is -0.394 e. The largest absolute Gasteiger partial charge is 0.394 e. The summed E-state index contributed by atoms with van der Waals surface area (Å²) in [4.78, 5) is 1.91. The molecule has 0 aromatic heterocycles. The molecule has 0 bridgehead atoms. The SMILES string of the molecule is O=S(=O)(F)[C@H]1CN2CCC[C@@]2(CO)C1. The molecule has 2 atom stereocenters. The van der Waals surface area contributed by atoms with Gasteiger partial charge in [0.2, 0.25) is 0 Å². The second kappa shape index (κ2) is 3.15. The van der Waals surface area contributed by atoms with E-state index in [-0.39, 0.29) is 19.6 Å². The third-order valence-electron chi connectivity index (χ3n) is 3.47. The van der Waals surface area contributed by atoms with Gasteiger partial charge in [-0.05, 0) is 25.8 Å². The maximum absolute atomic E-state index is 12.8. The van der Waals surface area contributed by atoms with E-state index in [4.69, 9.17) is 0 Å². The predicted octanol–water partition coefficient (Wildman–Crippen LogP) is -0.115. The van der Waals surface area contributed by atoms with Crippen molar-refractivity contribution in [2.75, 3.05) is 19.7 Å². The minimum atomic E-state index is -4.45. The Morgan fingerprint density at radius 3 is 2.79 bits per heavy atom. The molecule has 0 radical (unpaired) electrons. The van der Waals surface area contributed by atoms with Gasteiger partial charge in [-0.1, -0.05) is 0 Å². The summed E-state index contributed by atoms with van der Waals surface area (Å²) in [6.07, 6.45) is 1.97. The summed E-state index contributed by atoms with van der Waals surface area (Å²) >= 11 is 0. The van der Waals surface area contributed by atoms with Gasteiger partial charge in [-0.25, -0.2) is 0 Å². The van der Waals surface area contributed by atoms with Crippen molar-refractivity contribution in [1.82, 2.24) is 4.90 Å². The third kappa shape index (κ3) is 1.45. The molecule has 1 N–H and O–H groups in total. The number of hydrogen-bond acceptors (Lipinski definition) is 4. The van der Waals surface area contributed by atoms with E-state index in [1.165, 1.54) is 0 Å². The van der Waals surface area contributed by atoms with Crippen molar-refractivity contribution in [2.45, 2.75) is 30.1 Å². The smallest absolute Gasteiger partial charge is 0.306 e. The Morgan fingerprint density at radius 2 is 2.29 bits per heavy atom. The quantitative estimate of drug-likeness (QED) is 0.663. The number of aliphatic hydroxyl groups excluding tert-OH is 1. The van der Waals surface area contributed by atoms with Crippen LogP contribution in [0.1, 0.15) is 19.3 Å². The zero-order valence-electron chi connectivity index (χ0n) is 7.82. The van der Waals surface area contributed by atoms with Crippen LogP contribution in [-0.2, 0) is 10.2 Å². The van der Waals surface area contributed by atoms with Crippen LogP contribution in [0.4, 0.5) is 3.89 Å². The van der Waals surface area contributed by atoms with Crippen LogP contribution in [0.5, 0.6) is 0 Å². The highest BCUT2D eigenvalue weighted by atomic mass is 32.3. The molecular formula is C8H14FNO3S. The first-order valence-electron chi connectivity index (χ1n) is 4.77. The first-order valence-corrected chi connectivity index (χ1v) is 6.22. The van der Waals surface area contributed by atoms with Crippen LogP contribution in [0.25, 0.3) is 0 Å². The molecule has 0 aromatic rings. The maximum atomic E-state index is 12.8. The topological polar surface area (TPSA) is 57.6 Å². The van der Waals surface area contributed by atoms with E-state index in [2.05, 4.69) is 0 Å². The molecular weight excluding hydrogens is 209 g/mol. The van der Waals surface area contributed by atoms with Crippen molar-refractivity contribution in [3.05, 3.63) is 0 Å². The number of fused-ring (bicyclic) bond motifs is 1. The molecule has 0 spiro atoms. The average Bonchev–Trinajstić information content (AvgIpc) is 2.56. The van der Waals surface area contributed by atoms with E-state index >= 15 is 0 Å². The highest BCUT2D eigenvalue weighted by Gasteiger charge is 2.51. The summed E-state index contributed by atoms with van der Waals surface area (Å²) in [5, 5.41) is 8.32. The second-order valence-electron chi connectivity index (χ2n) is 4.23. The van der Waals surface area contributed by atoms with Gasteiger partial charge in [0.15, 0.2) is 0 Å². The van der Waals surface area contributed by atoms with Gasteiger partial charge in [0.1, 0.15) is 5.25 Å². The van der Waals surface area contributed by atoms with Gasteiger partial charge in [0, 0.05) is 12.1 Å². The lowest BCUT2D eigenvalue weighted by Crippen LogP contribution is -2.41. The minimum absolute atomic E-state index is 0.0704. The van der Waals surface area contributed by atoms with Crippen LogP contribution in [0.2, 0.25) is 0 Å². The molecule has 2 rings (SSSR count). The molecule has 0 unspecified atom stereocenters. The Kier molecular flexibility index (Phi) is 2.32. The highest BCUT2D eigenvalue weighted by Crippen LogP contribution is 2.40. The predicted molar refractivity (Wildman–Crippen MR) is 49.1 cm³/mol. The molecule has 0 amide bonds. The van der Waals surface area contributed by atoms with Gasteiger partial charge in [0.05, 0.1) is 6.61 Å². The standard InChI is InChI=1S/C8H14FNO3S/c9-14(12,13)7-4-8(6-11)2-1-3-10(8)5-7/h7,11H,1-6H2/t7-,8+/m1/s1. The molecule has 0 aliphatic carbocycles. The Balaban J connectivity index is 2.21. The summed E-state index contributed by atoms with van der Waals surface area (Å²) < 4.78 is 34.3. The van der Waals surface area contributed by atoms with Crippen molar-refractivity contribution in [1.29, 1.82) is 0 Å². The van der Waals surface area contributed by atoms with Crippen LogP contribution >= 0.6 is 0 Å². The fourth-order valence-corrected chi connectivity index (χ4v) is 3.54. The molecule has 82 valence electrons. The lowest BCUT2D eigenvalue weighted by molar-refractivity contribution is 0.0999. The number of nitrogens with zero attached hydrogens (tertiary/aromatic N) is 1. The number of aliphatic hydroxyl groups is 1. The fourth-order valence-electron chi connectivity index (χ4n) is 2.68.